The molecule has 2 aromatic rings. The van der Waals surface area contributed by atoms with Crippen molar-refractivity contribution in [3.05, 3.63) is 36.2 Å². The molecule has 0 atom stereocenters. The Morgan fingerprint density at radius 2 is 2.40 bits per heavy atom. The summed E-state index contributed by atoms with van der Waals surface area (Å²) < 4.78 is 0. The Bertz CT molecular complexity index is 657. The maximum Gasteiger partial charge on any atom is 0.222 e. The van der Waals surface area contributed by atoms with E-state index in [0.717, 1.165) is 30.4 Å². The number of hydrogen-bond donors (Lipinski definition) is 1. The van der Waals surface area contributed by atoms with Gasteiger partial charge in [-0.25, -0.2) is 0 Å². The van der Waals surface area contributed by atoms with E-state index in [1.165, 1.54) is 11.1 Å². The van der Waals surface area contributed by atoms with Crippen LogP contribution in [-0.4, -0.2) is 33.9 Å². The van der Waals surface area contributed by atoms with Crippen molar-refractivity contribution in [2.75, 3.05) is 13.1 Å². The number of H-pyrrole nitrogens is 1. The van der Waals surface area contributed by atoms with E-state index in [9.17, 15) is 4.79 Å². The third kappa shape index (κ3) is 2.33. The summed E-state index contributed by atoms with van der Waals surface area (Å²) in [5.41, 5.74) is 4.54. The first-order valence-electron chi connectivity index (χ1n) is 7.19. The van der Waals surface area contributed by atoms with Crippen molar-refractivity contribution in [1.82, 2.24) is 14.9 Å². The predicted molar refractivity (Wildman–Crippen MR) is 80.2 cm³/mol. The Hall–Kier alpha value is -2.10. The number of pyridine rings is 1. The Balaban J connectivity index is 1.81. The summed E-state index contributed by atoms with van der Waals surface area (Å²) in [6.45, 7) is 3.57. The minimum absolute atomic E-state index is 0.264. The summed E-state index contributed by atoms with van der Waals surface area (Å²) in [5, 5.41) is 0. The fourth-order valence-electron chi connectivity index (χ4n) is 2.71. The van der Waals surface area contributed by atoms with E-state index in [-0.39, 0.29) is 5.91 Å². The van der Waals surface area contributed by atoms with Crippen molar-refractivity contribution in [3.63, 3.8) is 0 Å². The number of aromatic nitrogens is 2. The molecule has 0 saturated heterocycles. The van der Waals surface area contributed by atoms with Crippen LogP contribution in [0.25, 0.3) is 16.6 Å². The summed E-state index contributed by atoms with van der Waals surface area (Å²) in [4.78, 5) is 21.5. The van der Waals surface area contributed by atoms with Crippen LogP contribution in [0.1, 0.15) is 31.7 Å². The zero-order valence-electron chi connectivity index (χ0n) is 11.7. The quantitative estimate of drug-likeness (QED) is 0.931. The molecule has 0 fully saturated rings. The van der Waals surface area contributed by atoms with Gasteiger partial charge in [-0.1, -0.05) is 13.0 Å². The molecule has 3 rings (SSSR count). The van der Waals surface area contributed by atoms with Crippen LogP contribution in [0, 0.1) is 0 Å². The Morgan fingerprint density at radius 1 is 1.50 bits per heavy atom. The first kappa shape index (κ1) is 12.9. The molecule has 4 nitrogen and oxygen atoms in total. The third-order valence-electron chi connectivity index (χ3n) is 3.81. The highest BCUT2D eigenvalue weighted by Crippen LogP contribution is 2.27. The highest BCUT2D eigenvalue weighted by molar-refractivity contribution is 5.90. The predicted octanol–water partition coefficient (Wildman–Crippen LogP) is 2.98. The molecule has 1 N–H and O–H groups in total. The molecule has 0 bridgehead atoms. The van der Waals surface area contributed by atoms with E-state index >= 15 is 0 Å². The second kappa shape index (κ2) is 5.49. The van der Waals surface area contributed by atoms with Gasteiger partial charge >= 0.3 is 0 Å². The van der Waals surface area contributed by atoms with Crippen molar-refractivity contribution in [1.29, 1.82) is 0 Å². The van der Waals surface area contributed by atoms with Crippen molar-refractivity contribution >= 4 is 22.5 Å². The highest BCUT2D eigenvalue weighted by Gasteiger charge is 2.18. The SMILES string of the molecule is CCCC(=O)N1CC=C(c2c[nH]c3cccnc23)CC1. The number of aromatic amines is 1. The number of rotatable bonds is 3. The number of hydrogen-bond acceptors (Lipinski definition) is 2. The number of carbonyl (C=O) groups excluding carboxylic acids is 1. The van der Waals surface area contributed by atoms with Crippen LogP contribution in [-0.2, 0) is 4.79 Å². The molecular formula is C16H19N3O. The van der Waals surface area contributed by atoms with Gasteiger partial charge in [0.25, 0.3) is 0 Å². The highest BCUT2D eigenvalue weighted by atomic mass is 16.2. The molecule has 0 aliphatic carbocycles. The number of fused-ring (bicyclic) bond motifs is 1. The van der Waals surface area contributed by atoms with E-state index in [4.69, 9.17) is 0 Å². The molecule has 2 aromatic heterocycles. The lowest BCUT2D eigenvalue weighted by Gasteiger charge is -2.26. The van der Waals surface area contributed by atoms with Crippen LogP contribution in [0.5, 0.6) is 0 Å². The van der Waals surface area contributed by atoms with Gasteiger partial charge < -0.3 is 9.88 Å². The van der Waals surface area contributed by atoms with E-state index in [0.29, 0.717) is 13.0 Å². The van der Waals surface area contributed by atoms with Crippen LogP contribution < -0.4 is 0 Å². The smallest absolute Gasteiger partial charge is 0.222 e. The van der Waals surface area contributed by atoms with Gasteiger partial charge in [-0.05, 0) is 30.5 Å². The summed E-state index contributed by atoms with van der Waals surface area (Å²) in [6.07, 6.45) is 8.47. The maximum atomic E-state index is 11.9. The largest absolute Gasteiger partial charge is 0.359 e. The molecule has 1 aliphatic rings. The van der Waals surface area contributed by atoms with Crippen molar-refractivity contribution < 1.29 is 4.79 Å². The van der Waals surface area contributed by atoms with Gasteiger partial charge in [0.05, 0.1) is 11.0 Å². The Morgan fingerprint density at radius 3 is 3.15 bits per heavy atom. The minimum Gasteiger partial charge on any atom is -0.359 e. The zero-order chi connectivity index (χ0) is 13.9. The Labute approximate surface area is 118 Å². The average Bonchev–Trinajstić information content (AvgIpc) is 2.92. The van der Waals surface area contributed by atoms with Gasteiger partial charge in [0.2, 0.25) is 5.91 Å². The second-order valence-electron chi connectivity index (χ2n) is 5.17. The molecule has 3 heterocycles. The maximum absolute atomic E-state index is 11.9. The lowest BCUT2D eigenvalue weighted by molar-refractivity contribution is -0.130. The van der Waals surface area contributed by atoms with E-state index in [2.05, 4.69) is 16.0 Å². The molecule has 0 aromatic carbocycles. The molecule has 1 amide bonds. The summed E-state index contributed by atoms with van der Waals surface area (Å²) in [5.74, 6) is 0.264. The van der Waals surface area contributed by atoms with Crippen molar-refractivity contribution in [2.24, 2.45) is 0 Å². The third-order valence-corrected chi connectivity index (χ3v) is 3.81. The monoisotopic (exact) mass is 269 g/mol. The number of amides is 1. The van der Waals surface area contributed by atoms with Gasteiger partial charge in [0.15, 0.2) is 0 Å². The zero-order valence-corrected chi connectivity index (χ0v) is 11.7. The number of nitrogens with one attached hydrogen (secondary N) is 1. The summed E-state index contributed by atoms with van der Waals surface area (Å²) >= 11 is 0. The first-order valence-corrected chi connectivity index (χ1v) is 7.19. The van der Waals surface area contributed by atoms with Gasteiger partial charge in [0, 0.05) is 37.5 Å². The summed E-state index contributed by atoms with van der Waals surface area (Å²) in [6, 6.07) is 3.97. The van der Waals surface area contributed by atoms with E-state index in [1.807, 2.05) is 36.4 Å². The molecular weight excluding hydrogens is 250 g/mol. The van der Waals surface area contributed by atoms with Gasteiger partial charge in [-0.15, -0.1) is 0 Å². The normalized spacial score (nSPS) is 15.4. The molecule has 0 unspecified atom stereocenters. The van der Waals surface area contributed by atoms with Crippen LogP contribution >= 0.6 is 0 Å². The minimum atomic E-state index is 0.264. The summed E-state index contributed by atoms with van der Waals surface area (Å²) in [7, 11) is 0. The van der Waals surface area contributed by atoms with Gasteiger partial charge in [0.1, 0.15) is 0 Å². The van der Waals surface area contributed by atoms with Crippen LogP contribution in [0.15, 0.2) is 30.6 Å². The number of carbonyl (C=O) groups is 1. The lowest BCUT2D eigenvalue weighted by atomic mass is 10.0. The number of nitrogens with zero attached hydrogens (tertiary/aromatic N) is 2. The van der Waals surface area contributed by atoms with Gasteiger partial charge in [-0.2, -0.15) is 0 Å². The molecule has 104 valence electrons. The molecule has 0 saturated carbocycles. The Kier molecular flexibility index (Phi) is 3.54. The van der Waals surface area contributed by atoms with E-state index in [1.54, 1.807) is 0 Å². The second-order valence-corrected chi connectivity index (χ2v) is 5.17. The molecule has 0 radical (unpaired) electrons. The van der Waals surface area contributed by atoms with E-state index < -0.39 is 0 Å². The van der Waals surface area contributed by atoms with Gasteiger partial charge in [-0.3, -0.25) is 9.78 Å². The molecule has 20 heavy (non-hydrogen) atoms. The fourth-order valence-corrected chi connectivity index (χ4v) is 2.71. The van der Waals surface area contributed by atoms with Crippen molar-refractivity contribution in [2.45, 2.75) is 26.2 Å². The molecule has 1 aliphatic heterocycles. The molecule has 4 heteroatoms. The lowest BCUT2D eigenvalue weighted by Crippen LogP contribution is -2.34. The molecule has 0 spiro atoms. The van der Waals surface area contributed by atoms with Crippen LogP contribution in [0.3, 0.4) is 0 Å². The van der Waals surface area contributed by atoms with Crippen molar-refractivity contribution in [3.8, 4) is 0 Å². The standard InChI is InChI=1S/C16H19N3O/c1-2-4-15(20)19-9-6-12(7-10-19)13-11-18-14-5-3-8-17-16(13)14/h3,5-6,8,11,18H,2,4,7,9-10H2,1H3. The van der Waals surface area contributed by atoms with Crippen LogP contribution in [0.4, 0.5) is 0 Å². The topological polar surface area (TPSA) is 49.0 Å². The fraction of sp³-hybridized carbons (Fsp3) is 0.375. The van der Waals surface area contributed by atoms with Crippen LogP contribution in [0.2, 0.25) is 0 Å². The first-order chi connectivity index (χ1) is 9.79. The average molecular weight is 269 g/mol.